The van der Waals surface area contributed by atoms with E-state index in [0.717, 1.165) is 36.6 Å². The van der Waals surface area contributed by atoms with Crippen molar-refractivity contribution in [2.45, 2.75) is 56.3 Å². The minimum Gasteiger partial charge on any atom is -0.349 e. The molecule has 1 saturated carbocycles. The van der Waals surface area contributed by atoms with Crippen LogP contribution in [0.4, 0.5) is 0 Å². The van der Waals surface area contributed by atoms with Gasteiger partial charge in [-0.05, 0) is 12.8 Å². The third-order valence-corrected chi connectivity index (χ3v) is 4.96. The Bertz CT molecular complexity index is 562. The van der Waals surface area contributed by atoms with Crippen LogP contribution in [0.15, 0.2) is 16.1 Å². The minimum absolute atomic E-state index is 0.181. The Kier molecular flexibility index (Phi) is 4.10. The van der Waals surface area contributed by atoms with Crippen LogP contribution in [0.3, 0.4) is 0 Å². The van der Waals surface area contributed by atoms with Crippen molar-refractivity contribution in [1.29, 1.82) is 0 Å². The van der Waals surface area contributed by atoms with Crippen LogP contribution in [-0.4, -0.2) is 27.3 Å². The zero-order valence-corrected chi connectivity index (χ0v) is 12.2. The highest BCUT2D eigenvalue weighted by Gasteiger charge is 2.22. The summed E-state index contributed by atoms with van der Waals surface area (Å²) in [5.41, 5.74) is -0.0216. The molecule has 0 bridgehead atoms. The van der Waals surface area contributed by atoms with Gasteiger partial charge < -0.3 is 5.32 Å². The summed E-state index contributed by atoms with van der Waals surface area (Å²) in [4.78, 5) is 28.8. The van der Waals surface area contributed by atoms with Gasteiger partial charge in [0.05, 0.1) is 0 Å². The summed E-state index contributed by atoms with van der Waals surface area (Å²) in [6.45, 7) is 0.649. The first-order valence-electron chi connectivity index (χ1n) is 7.29. The summed E-state index contributed by atoms with van der Waals surface area (Å²) < 4.78 is 1.60. The predicted molar refractivity (Wildman–Crippen MR) is 78.2 cm³/mol. The fourth-order valence-corrected chi connectivity index (χ4v) is 3.77. The Morgan fingerprint density at radius 2 is 2.05 bits per heavy atom. The normalized spacial score (nSPS) is 19.4. The zero-order chi connectivity index (χ0) is 13.9. The number of hydrogen-bond donors (Lipinski definition) is 1. The van der Waals surface area contributed by atoms with E-state index in [4.69, 9.17) is 0 Å². The number of nitrogens with zero attached hydrogens (tertiary/aromatic N) is 2. The van der Waals surface area contributed by atoms with E-state index in [2.05, 4.69) is 10.3 Å². The molecular weight excluding hydrogens is 274 g/mol. The number of nitrogens with one attached hydrogen (secondary N) is 1. The minimum atomic E-state index is -0.262. The fourth-order valence-electron chi connectivity index (χ4n) is 2.86. The van der Waals surface area contributed by atoms with Crippen LogP contribution < -0.4 is 10.9 Å². The van der Waals surface area contributed by atoms with Crippen molar-refractivity contribution in [2.75, 3.05) is 5.75 Å². The maximum atomic E-state index is 12.3. The van der Waals surface area contributed by atoms with Gasteiger partial charge in [0.25, 0.3) is 11.5 Å². The van der Waals surface area contributed by atoms with Crippen molar-refractivity contribution in [3.05, 3.63) is 22.1 Å². The molecule has 1 N–H and O–H groups in total. The summed E-state index contributed by atoms with van der Waals surface area (Å²) in [7, 11) is 0. The molecule has 1 aromatic heterocycles. The van der Waals surface area contributed by atoms with E-state index in [-0.39, 0.29) is 23.1 Å². The van der Waals surface area contributed by atoms with E-state index in [1.807, 2.05) is 0 Å². The lowest BCUT2D eigenvalue weighted by Crippen LogP contribution is -2.39. The third-order valence-electron chi connectivity index (χ3n) is 3.99. The lowest BCUT2D eigenvalue weighted by Gasteiger charge is -2.16. The molecule has 0 saturated heterocycles. The Morgan fingerprint density at radius 1 is 1.30 bits per heavy atom. The molecule has 5 nitrogen and oxygen atoms in total. The summed E-state index contributed by atoms with van der Waals surface area (Å²) in [5, 5.41) is 3.73. The molecule has 1 aromatic rings. The highest BCUT2D eigenvalue weighted by Crippen LogP contribution is 2.21. The van der Waals surface area contributed by atoms with Crippen molar-refractivity contribution in [3.63, 3.8) is 0 Å². The molecule has 1 aliphatic heterocycles. The molecule has 20 heavy (non-hydrogen) atoms. The van der Waals surface area contributed by atoms with Crippen LogP contribution in [0.1, 0.15) is 48.9 Å². The molecular formula is C14H19N3O2S. The van der Waals surface area contributed by atoms with Crippen LogP contribution >= 0.6 is 11.8 Å². The SMILES string of the molecule is O=C(NC1CCCCCC1)c1cnc2n(c1=O)CCS2. The number of carbonyl (C=O) groups excluding carboxylic acids is 1. The second-order valence-electron chi connectivity index (χ2n) is 5.42. The quantitative estimate of drug-likeness (QED) is 0.667. The number of thioether (sulfide) groups is 1. The molecule has 6 heteroatoms. The Hall–Kier alpha value is -1.30. The Labute approximate surface area is 122 Å². The van der Waals surface area contributed by atoms with Gasteiger partial charge in [0.1, 0.15) is 5.56 Å². The van der Waals surface area contributed by atoms with E-state index in [9.17, 15) is 9.59 Å². The molecule has 108 valence electrons. The maximum Gasteiger partial charge on any atom is 0.267 e. The van der Waals surface area contributed by atoms with Crippen molar-refractivity contribution < 1.29 is 4.79 Å². The van der Waals surface area contributed by atoms with Gasteiger partial charge in [-0.15, -0.1) is 0 Å². The Balaban J connectivity index is 1.75. The first-order chi connectivity index (χ1) is 9.75. The van der Waals surface area contributed by atoms with E-state index < -0.39 is 0 Å². The molecule has 3 rings (SSSR count). The number of aromatic nitrogens is 2. The third kappa shape index (κ3) is 2.75. The van der Waals surface area contributed by atoms with Crippen LogP contribution in [-0.2, 0) is 6.54 Å². The molecule has 1 aliphatic carbocycles. The summed E-state index contributed by atoms with van der Waals surface area (Å²) >= 11 is 1.56. The van der Waals surface area contributed by atoms with Gasteiger partial charge >= 0.3 is 0 Å². The molecule has 0 unspecified atom stereocenters. The van der Waals surface area contributed by atoms with Gasteiger partial charge in [-0.2, -0.15) is 0 Å². The molecule has 1 amide bonds. The molecule has 0 spiro atoms. The van der Waals surface area contributed by atoms with Crippen molar-refractivity contribution in [1.82, 2.24) is 14.9 Å². The van der Waals surface area contributed by atoms with Gasteiger partial charge in [0.15, 0.2) is 5.16 Å². The molecule has 0 atom stereocenters. The Morgan fingerprint density at radius 3 is 2.80 bits per heavy atom. The number of amides is 1. The maximum absolute atomic E-state index is 12.3. The summed E-state index contributed by atoms with van der Waals surface area (Å²) in [5.74, 6) is 0.595. The second kappa shape index (κ2) is 5.99. The van der Waals surface area contributed by atoms with Crippen molar-refractivity contribution in [2.24, 2.45) is 0 Å². The molecule has 0 aromatic carbocycles. The molecule has 2 heterocycles. The van der Waals surface area contributed by atoms with Crippen molar-refractivity contribution in [3.8, 4) is 0 Å². The van der Waals surface area contributed by atoms with Crippen LogP contribution in [0.5, 0.6) is 0 Å². The molecule has 1 fully saturated rings. The van der Waals surface area contributed by atoms with E-state index in [0.29, 0.717) is 6.54 Å². The van der Waals surface area contributed by atoms with Crippen molar-refractivity contribution >= 4 is 17.7 Å². The number of hydrogen-bond acceptors (Lipinski definition) is 4. The highest BCUT2D eigenvalue weighted by molar-refractivity contribution is 7.99. The average Bonchev–Trinajstić information content (AvgIpc) is 2.78. The largest absolute Gasteiger partial charge is 0.349 e. The van der Waals surface area contributed by atoms with Gasteiger partial charge in [0.2, 0.25) is 0 Å². The molecule has 0 radical (unpaired) electrons. The summed E-state index contributed by atoms with van der Waals surface area (Å²) in [6.07, 6.45) is 8.26. The highest BCUT2D eigenvalue weighted by atomic mass is 32.2. The smallest absolute Gasteiger partial charge is 0.267 e. The average molecular weight is 293 g/mol. The first-order valence-corrected chi connectivity index (χ1v) is 8.28. The first kappa shape index (κ1) is 13.7. The number of fused-ring (bicyclic) bond motifs is 1. The molecule has 2 aliphatic rings. The van der Waals surface area contributed by atoms with E-state index >= 15 is 0 Å². The van der Waals surface area contributed by atoms with Gasteiger partial charge in [0, 0.05) is 24.5 Å². The zero-order valence-electron chi connectivity index (χ0n) is 11.4. The van der Waals surface area contributed by atoms with Crippen LogP contribution in [0.25, 0.3) is 0 Å². The van der Waals surface area contributed by atoms with Gasteiger partial charge in [-0.3, -0.25) is 14.2 Å². The fraction of sp³-hybridized carbons (Fsp3) is 0.643. The standard InChI is InChI=1S/C14H19N3O2S/c18-12(16-10-5-3-1-2-4-6-10)11-9-15-14-17(13(11)19)7-8-20-14/h9-10H,1-8H2,(H,16,18). The topological polar surface area (TPSA) is 64.0 Å². The van der Waals surface area contributed by atoms with Gasteiger partial charge in [-0.25, -0.2) is 4.98 Å². The van der Waals surface area contributed by atoms with E-state index in [1.54, 1.807) is 16.3 Å². The lowest BCUT2D eigenvalue weighted by molar-refractivity contribution is 0.0930. The number of carbonyl (C=O) groups is 1. The van der Waals surface area contributed by atoms with Crippen LogP contribution in [0.2, 0.25) is 0 Å². The predicted octanol–water partition coefficient (Wildman–Crippen LogP) is 1.80. The monoisotopic (exact) mass is 293 g/mol. The summed E-state index contributed by atoms with van der Waals surface area (Å²) in [6, 6.07) is 0.206. The number of rotatable bonds is 2. The lowest BCUT2D eigenvalue weighted by atomic mass is 10.1. The van der Waals surface area contributed by atoms with Gasteiger partial charge in [-0.1, -0.05) is 37.4 Å². The van der Waals surface area contributed by atoms with Crippen LogP contribution in [0, 0.1) is 0 Å². The van der Waals surface area contributed by atoms with E-state index in [1.165, 1.54) is 19.0 Å². The second-order valence-corrected chi connectivity index (χ2v) is 6.48.